The zero-order chi connectivity index (χ0) is 21.0. The largest absolute Gasteiger partial charge is 0.473 e. The van der Waals surface area contributed by atoms with Crippen LogP contribution in [0, 0.1) is 3.57 Å². The molecule has 0 spiro atoms. The van der Waals surface area contributed by atoms with Gasteiger partial charge in [-0.15, -0.1) is 5.10 Å². The Bertz CT molecular complexity index is 598. The van der Waals surface area contributed by atoms with E-state index in [1.165, 1.54) is 0 Å². The Morgan fingerprint density at radius 1 is 1.26 bits per heavy atom. The summed E-state index contributed by atoms with van der Waals surface area (Å²) in [5.41, 5.74) is 1.10. The highest BCUT2D eigenvalue weighted by atomic mass is 127. The fourth-order valence-corrected chi connectivity index (χ4v) is 4.18. The molecule has 1 aromatic rings. The van der Waals surface area contributed by atoms with Gasteiger partial charge in [0.1, 0.15) is 0 Å². The molecule has 1 N–H and O–H groups in total. The number of halogens is 1. The van der Waals surface area contributed by atoms with Crippen molar-refractivity contribution in [3.05, 3.63) is 9.26 Å². The molecule has 0 aliphatic rings. The molecular formula is C19H38IN3O3Si. The van der Waals surface area contributed by atoms with Crippen molar-refractivity contribution in [2.75, 3.05) is 20.2 Å². The Hall–Kier alpha value is -0.163. The van der Waals surface area contributed by atoms with Gasteiger partial charge in [-0.1, -0.05) is 20.8 Å². The van der Waals surface area contributed by atoms with Crippen LogP contribution >= 0.6 is 22.6 Å². The molecule has 0 radical (unpaired) electrons. The van der Waals surface area contributed by atoms with Gasteiger partial charge >= 0.3 is 0 Å². The molecule has 0 unspecified atom stereocenters. The highest BCUT2D eigenvalue weighted by Gasteiger charge is 2.37. The lowest BCUT2D eigenvalue weighted by atomic mass is 10.2. The summed E-state index contributed by atoms with van der Waals surface area (Å²) in [6, 6.07) is 0. The van der Waals surface area contributed by atoms with Crippen LogP contribution in [0.25, 0.3) is 0 Å². The first kappa shape index (κ1) is 24.9. The van der Waals surface area contributed by atoms with Gasteiger partial charge in [-0.05, 0) is 68.5 Å². The molecule has 0 amide bonds. The van der Waals surface area contributed by atoms with Crippen molar-refractivity contribution < 1.29 is 14.3 Å². The average molecular weight is 512 g/mol. The predicted octanol–water partition coefficient (Wildman–Crippen LogP) is 4.11. The van der Waals surface area contributed by atoms with Gasteiger partial charge in [-0.3, -0.25) is 9.58 Å². The molecule has 0 aliphatic heterocycles. The van der Waals surface area contributed by atoms with Crippen LogP contribution in [0.4, 0.5) is 0 Å². The van der Waals surface area contributed by atoms with Crippen LogP contribution < -0.4 is 4.74 Å². The third kappa shape index (κ3) is 7.64. The van der Waals surface area contributed by atoms with E-state index < -0.39 is 8.32 Å². The monoisotopic (exact) mass is 511 g/mol. The maximum atomic E-state index is 9.66. The van der Waals surface area contributed by atoms with E-state index in [2.05, 4.69) is 61.4 Å². The van der Waals surface area contributed by atoms with E-state index in [1.54, 1.807) is 6.92 Å². The summed E-state index contributed by atoms with van der Waals surface area (Å²) in [4.78, 5) is 2.11. The molecule has 158 valence electrons. The molecular weight excluding hydrogens is 473 g/mol. The first-order valence-electron chi connectivity index (χ1n) is 9.67. The number of aliphatic hydroxyl groups is 1. The number of hydrogen-bond donors (Lipinski definition) is 1. The van der Waals surface area contributed by atoms with Crippen molar-refractivity contribution in [1.29, 1.82) is 0 Å². The molecule has 0 fully saturated rings. The number of likely N-dealkylation sites (N-methyl/N-ethyl adjacent to an activating group) is 1. The van der Waals surface area contributed by atoms with Gasteiger partial charge in [0.15, 0.2) is 8.32 Å². The Morgan fingerprint density at radius 2 is 1.85 bits per heavy atom. The van der Waals surface area contributed by atoms with Crippen LogP contribution in [0.2, 0.25) is 18.1 Å². The summed E-state index contributed by atoms with van der Waals surface area (Å²) >= 11 is 2.31. The average Bonchev–Trinajstić information content (AvgIpc) is 2.73. The van der Waals surface area contributed by atoms with Crippen LogP contribution in [0.3, 0.4) is 0 Å². The maximum Gasteiger partial charge on any atom is 0.246 e. The SMILES string of the molecule is CC(C)Oc1nn(CCO[Si](C)(C)C(C)(C)C)c(CN(C)C[C@@H](C)O)c1I. The molecule has 0 bridgehead atoms. The fourth-order valence-electron chi connectivity index (χ4n) is 2.46. The lowest BCUT2D eigenvalue weighted by Crippen LogP contribution is -2.41. The summed E-state index contributed by atoms with van der Waals surface area (Å²) in [5.74, 6) is 0.679. The van der Waals surface area contributed by atoms with Crippen LogP contribution in [0.1, 0.15) is 47.2 Å². The number of aliphatic hydroxyl groups excluding tert-OH is 1. The summed E-state index contributed by atoms with van der Waals surface area (Å²) in [6.45, 7) is 19.8. The third-order valence-corrected chi connectivity index (χ3v) is 10.5. The number of rotatable bonds is 10. The highest BCUT2D eigenvalue weighted by Crippen LogP contribution is 2.36. The van der Waals surface area contributed by atoms with Crippen LogP contribution in [-0.2, 0) is 17.5 Å². The quantitative estimate of drug-likeness (QED) is 0.379. The Morgan fingerprint density at radius 3 is 2.33 bits per heavy atom. The molecule has 0 saturated carbocycles. The van der Waals surface area contributed by atoms with Gasteiger partial charge in [0.2, 0.25) is 5.88 Å². The normalized spacial score (nSPS) is 14.3. The number of hydrogen-bond acceptors (Lipinski definition) is 5. The summed E-state index contributed by atoms with van der Waals surface area (Å²) in [7, 11) is 0.229. The summed E-state index contributed by atoms with van der Waals surface area (Å²) < 4.78 is 15.3. The first-order chi connectivity index (χ1) is 12.2. The maximum absolute atomic E-state index is 9.66. The van der Waals surface area contributed by atoms with Crippen LogP contribution in [-0.4, -0.2) is 60.5 Å². The predicted molar refractivity (Wildman–Crippen MR) is 122 cm³/mol. The minimum absolute atomic E-state index is 0.0772. The van der Waals surface area contributed by atoms with Crippen LogP contribution in [0.5, 0.6) is 5.88 Å². The summed E-state index contributed by atoms with van der Waals surface area (Å²) in [5, 5.41) is 14.6. The second-order valence-corrected chi connectivity index (χ2v) is 15.0. The van der Waals surface area contributed by atoms with Crippen molar-refractivity contribution in [3.8, 4) is 5.88 Å². The minimum Gasteiger partial charge on any atom is -0.473 e. The second-order valence-electron chi connectivity index (χ2n) is 9.11. The molecule has 1 aromatic heterocycles. The molecule has 8 heteroatoms. The number of ether oxygens (including phenoxy) is 1. The van der Waals surface area contributed by atoms with Crippen molar-refractivity contribution in [3.63, 3.8) is 0 Å². The molecule has 6 nitrogen and oxygen atoms in total. The third-order valence-electron chi connectivity index (χ3n) is 4.88. The summed E-state index contributed by atoms with van der Waals surface area (Å²) in [6.07, 6.45) is -0.286. The second kappa shape index (κ2) is 10.0. The van der Waals surface area contributed by atoms with Crippen LogP contribution in [0.15, 0.2) is 0 Å². The Kier molecular flexibility index (Phi) is 9.25. The number of aromatic nitrogens is 2. The van der Waals surface area contributed by atoms with Crippen molar-refractivity contribution in [2.24, 2.45) is 0 Å². The Labute approximate surface area is 179 Å². The topological polar surface area (TPSA) is 59.8 Å². The first-order valence-corrected chi connectivity index (χ1v) is 13.7. The smallest absolute Gasteiger partial charge is 0.246 e. The van der Waals surface area contributed by atoms with Gasteiger partial charge in [-0.2, -0.15) is 0 Å². The van der Waals surface area contributed by atoms with Gasteiger partial charge in [-0.25, -0.2) is 0 Å². The van der Waals surface area contributed by atoms with Gasteiger partial charge in [0.05, 0.1) is 34.6 Å². The van der Waals surface area contributed by atoms with E-state index in [4.69, 9.17) is 14.3 Å². The zero-order valence-corrected chi connectivity index (χ0v) is 21.6. The highest BCUT2D eigenvalue weighted by molar-refractivity contribution is 14.1. The molecule has 1 heterocycles. The van der Waals surface area contributed by atoms with Gasteiger partial charge in [0.25, 0.3) is 0 Å². The number of nitrogens with zero attached hydrogens (tertiary/aromatic N) is 3. The molecule has 0 saturated heterocycles. The van der Waals surface area contributed by atoms with E-state index in [1.807, 2.05) is 25.6 Å². The van der Waals surface area contributed by atoms with Crippen molar-refractivity contribution >= 4 is 30.9 Å². The standard InChI is InChI=1S/C19H38IN3O3Si/c1-14(2)26-18-17(20)16(13-22(7)12-15(3)24)23(21-18)10-11-25-27(8,9)19(4,5)6/h14-15,24H,10-13H2,1-9H3/t15-/m1/s1. The van der Waals surface area contributed by atoms with Crippen molar-refractivity contribution in [1.82, 2.24) is 14.7 Å². The molecule has 27 heavy (non-hydrogen) atoms. The minimum atomic E-state index is -1.78. The molecule has 1 rings (SSSR count). The lowest BCUT2D eigenvalue weighted by Gasteiger charge is -2.36. The van der Waals surface area contributed by atoms with Gasteiger partial charge < -0.3 is 14.3 Å². The van der Waals surface area contributed by atoms with E-state index in [9.17, 15) is 5.11 Å². The molecule has 1 atom stereocenters. The van der Waals surface area contributed by atoms with E-state index in [0.29, 0.717) is 32.1 Å². The zero-order valence-electron chi connectivity index (χ0n) is 18.5. The van der Waals surface area contributed by atoms with Crippen molar-refractivity contribution in [2.45, 2.75) is 85.0 Å². The Balaban J connectivity index is 2.95. The molecule has 0 aliphatic carbocycles. The lowest BCUT2D eigenvalue weighted by molar-refractivity contribution is 0.136. The fraction of sp³-hybridized carbons (Fsp3) is 0.842. The van der Waals surface area contributed by atoms with Gasteiger partial charge in [0, 0.05) is 13.1 Å². The van der Waals surface area contributed by atoms with E-state index >= 15 is 0 Å². The molecule has 0 aromatic carbocycles. The van der Waals surface area contributed by atoms with E-state index in [-0.39, 0.29) is 17.2 Å². The van der Waals surface area contributed by atoms with E-state index in [0.717, 1.165) is 9.26 Å².